The van der Waals surface area contributed by atoms with Crippen LogP contribution in [0, 0.1) is 0 Å². The van der Waals surface area contributed by atoms with Gasteiger partial charge in [-0.1, -0.05) is 18.2 Å². The molecule has 1 aromatic carbocycles. The van der Waals surface area contributed by atoms with E-state index in [0.29, 0.717) is 5.56 Å². The number of anilines is 1. The fourth-order valence-electron chi connectivity index (χ4n) is 3.44. The molecule has 140 valence electrons. The second kappa shape index (κ2) is 6.44. The first-order valence-electron chi connectivity index (χ1n) is 8.27. The van der Waals surface area contributed by atoms with Crippen molar-refractivity contribution < 1.29 is 24.9 Å². The number of rotatable bonds is 3. The van der Waals surface area contributed by atoms with Gasteiger partial charge in [0.05, 0.1) is 12.2 Å². The fourth-order valence-corrected chi connectivity index (χ4v) is 3.44. The summed E-state index contributed by atoms with van der Waals surface area (Å²) in [6.07, 6.45) is -2.72. The minimum absolute atomic E-state index is 0.0730. The van der Waals surface area contributed by atoms with Crippen molar-refractivity contribution >= 4 is 29.6 Å². The van der Waals surface area contributed by atoms with Crippen molar-refractivity contribution in [1.29, 1.82) is 0 Å². The van der Waals surface area contributed by atoms with Crippen molar-refractivity contribution in [1.82, 2.24) is 14.5 Å². The summed E-state index contributed by atoms with van der Waals surface area (Å²) < 4.78 is 4.94. The predicted molar refractivity (Wildman–Crippen MR) is 94.9 cm³/mol. The second-order valence-corrected chi connectivity index (χ2v) is 6.35. The normalized spacial score (nSPS) is 31.8. The van der Waals surface area contributed by atoms with E-state index in [1.54, 1.807) is 30.3 Å². The number of aliphatic imine (C=N–C) groups is 1. The van der Waals surface area contributed by atoms with Gasteiger partial charge in [0.2, 0.25) is 12.6 Å². The minimum atomic E-state index is -1.47. The van der Waals surface area contributed by atoms with Crippen LogP contribution >= 0.6 is 0 Å². The molecular formula is C17H18N5O5+. The van der Waals surface area contributed by atoms with Gasteiger partial charge in [-0.25, -0.2) is 9.78 Å². The molecule has 0 spiro atoms. The third-order valence-electron chi connectivity index (χ3n) is 4.83. The van der Waals surface area contributed by atoms with Crippen LogP contribution in [0.5, 0.6) is 0 Å². The van der Waals surface area contributed by atoms with Crippen LogP contribution in [0.2, 0.25) is 0 Å². The summed E-state index contributed by atoms with van der Waals surface area (Å²) in [5, 5.41) is 30.2. The van der Waals surface area contributed by atoms with Gasteiger partial charge >= 0.3 is 5.91 Å². The molecular weight excluding hydrogens is 354 g/mol. The molecule has 2 aliphatic rings. The number of hydrogen-bond donors (Lipinski definition) is 4. The molecule has 4 rings (SSSR count). The molecule has 1 aromatic heterocycles. The molecule has 1 fully saturated rings. The van der Waals surface area contributed by atoms with Gasteiger partial charge in [-0.3, -0.25) is 0 Å². The number of amides is 1. The molecule has 0 saturated carbocycles. The second-order valence-electron chi connectivity index (χ2n) is 6.35. The number of nitrogens with two attached hydrogens (primary N) is 1. The number of fused-ring (bicyclic) bond motifs is 1. The zero-order chi connectivity index (χ0) is 19.2. The van der Waals surface area contributed by atoms with Gasteiger partial charge < -0.3 is 25.8 Å². The first-order chi connectivity index (χ1) is 13.0. The number of aliphatic hydroxyl groups excluding tert-OH is 3. The zero-order valence-corrected chi connectivity index (χ0v) is 14.1. The minimum Gasteiger partial charge on any atom is -0.394 e. The molecule has 2 aromatic rings. The Morgan fingerprint density at radius 2 is 1.93 bits per heavy atom. The Kier molecular flexibility index (Phi) is 4.21. The van der Waals surface area contributed by atoms with Gasteiger partial charge in [0, 0.05) is 0 Å². The van der Waals surface area contributed by atoms with Crippen LogP contribution in [-0.4, -0.2) is 68.7 Å². The topological polar surface area (TPSA) is 151 Å². The van der Waals surface area contributed by atoms with E-state index < -0.39 is 41.5 Å². The average molecular weight is 372 g/mol. The monoisotopic (exact) mass is 372 g/mol. The Morgan fingerprint density at radius 1 is 1.19 bits per heavy atom. The number of carbonyl (C=O) groups is 1. The van der Waals surface area contributed by atoms with E-state index in [0.717, 1.165) is 0 Å². The summed E-state index contributed by atoms with van der Waals surface area (Å²) in [6, 6.07) is 8.38. The Bertz CT molecular complexity index is 908. The van der Waals surface area contributed by atoms with Crippen LogP contribution in [0.15, 0.2) is 41.7 Å². The lowest BCUT2D eigenvalue weighted by molar-refractivity contribution is -0.0586. The molecule has 1 amide bonds. The number of aliphatic hydroxyl groups is 3. The van der Waals surface area contributed by atoms with Gasteiger partial charge in [0.15, 0.2) is 17.6 Å². The van der Waals surface area contributed by atoms with Crippen LogP contribution in [0.1, 0.15) is 10.4 Å². The van der Waals surface area contributed by atoms with Crippen molar-refractivity contribution in [2.24, 2.45) is 4.99 Å². The summed E-state index contributed by atoms with van der Waals surface area (Å²) in [4.78, 5) is 25.8. The molecule has 2 aliphatic heterocycles. The number of ether oxygens (including phenoxy) is 1. The fraction of sp³-hybridized carbons (Fsp3) is 0.294. The summed E-state index contributed by atoms with van der Waals surface area (Å²) in [7, 11) is 0. The highest BCUT2D eigenvalue weighted by atomic mass is 16.6. The lowest BCUT2D eigenvalue weighted by atomic mass is 10.1. The third-order valence-corrected chi connectivity index (χ3v) is 4.83. The summed E-state index contributed by atoms with van der Waals surface area (Å²) in [5.74, 6) is -0.277. The molecule has 0 radical (unpaired) electrons. The zero-order valence-electron chi connectivity index (χ0n) is 14.1. The highest BCUT2D eigenvalue weighted by molar-refractivity contribution is 6.15. The number of benzene rings is 1. The average Bonchev–Trinajstić information content (AvgIpc) is 3.22. The number of nitrogen functional groups attached to an aromatic ring is 1. The molecule has 5 unspecified atom stereocenters. The van der Waals surface area contributed by atoms with E-state index in [9.17, 15) is 20.1 Å². The molecule has 1 saturated heterocycles. The van der Waals surface area contributed by atoms with Gasteiger partial charge in [0.1, 0.15) is 18.5 Å². The number of quaternary nitrogens is 1. The van der Waals surface area contributed by atoms with E-state index in [2.05, 4.69) is 15.0 Å². The summed E-state index contributed by atoms with van der Waals surface area (Å²) in [6.45, 7) is -0.524. The third kappa shape index (κ3) is 2.46. The molecule has 5 atom stereocenters. The van der Waals surface area contributed by atoms with Crippen LogP contribution in [-0.2, 0) is 4.74 Å². The van der Waals surface area contributed by atoms with Crippen molar-refractivity contribution in [3.8, 4) is 0 Å². The predicted octanol–water partition coefficient (Wildman–Crippen LogP) is -0.681. The Hall–Kier alpha value is -2.76. The van der Waals surface area contributed by atoms with Crippen LogP contribution in [0.3, 0.4) is 0 Å². The maximum absolute atomic E-state index is 13.5. The van der Waals surface area contributed by atoms with E-state index in [-0.39, 0.29) is 17.3 Å². The maximum atomic E-state index is 13.5. The van der Waals surface area contributed by atoms with E-state index in [1.807, 2.05) is 0 Å². The van der Waals surface area contributed by atoms with Gasteiger partial charge in [0.25, 0.3) is 5.82 Å². The highest BCUT2D eigenvalue weighted by Crippen LogP contribution is 2.44. The van der Waals surface area contributed by atoms with Gasteiger partial charge in [-0.05, 0) is 12.1 Å². The molecule has 10 nitrogen and oxygen atoms in total. The Balaban J connectivity index is 1.90. The van der Waals surface area contributed by atoms with Crippen LogP contribution in [0.4, 0.5) is 17.3 Å². The molecule has 0 bridgehead atoms. The molecule has 0 aliphatic carbocycles. The van der Waals surface area contributed by atoms with E-state index in [4.69, 9.17) is 10.5 Å². The number of nitrogens with zero attached hydrogens (tertiary/aromatic N) is 4. The van der Waals surface area contributed by atoms with E-state index in [1.165, 1.54) is 12.7 Å². The first-order valence-corrected chi connectivity index (χ1v) is 8.27. The van der Waals surface area contributed by atoms with Crippen molar-refractivity contribution in [2.45, 2.75) is 24.5 Å². The van der Waals surface area contributed by atoms with Gasteiger partial charge in [-0.2, -0.15) is 9.98 Å². The number of carbonyl (C=O) groups excluding carboxylic acids is 1. The molecule has 10 heteroatoms. The lowest BCUT2D eigenvalue weighted by Crippen LogP contribution is -2.63. The lowest BCUT2D eigenvalue weighted by Gasteiger charge is -2.33. The molecule has 5 N–H and O–H groups in total. The smallest absolute Gasteiger partial charge is 0.360 e. The summed E-state index contributed by atoms with van der Waals surface area (Å²) in [5.41, 5.74) is 6.39. The SMILES string of the molecule is Nc1ncnc2c1N=C[N+]2(C(=O)c1ccccc1)C1OC(CO)C(O)C1O. The highest BCUT2D eigenvalue weighted by Gasteiger charge is 2.61. The quantitative estimate of drug-likeness (QED) is 0.517. The van der Waals surface area contributed by atoms with Crippen molar-refractivity contribution in [3.63, 3.8) is 0 Å². The Morgan fingerprint density at radius 3 is 2.59 bits per heavy atom. The largest absolute Gasteiger partial charge is 0.394 e. The molecule has 27 heavy (non-hydrogen) atoms. The number of aromatic nitrogens is 2. The molecule has 3 heterocycles. The summed E-state index contributed by atoms with van der Waals surface area (Å²) >= 11 is 0. The first kappa shape index (κ1) is 17.6. The van der Waals surface area contributed by atoms with Crippen LogP contribution < -0.4 is 10.2 Å². The van der Waals surface area contributed by atoms with Crippen LogP contribution in [0.25, 0.3) is 0 Å². The van der Waals surface area contributed by atoms with Gasteiger partial charge in [-0.15, -0.1) is 4.48 Å². The van der Waals surface area contributed by atoms with E-state index >= 15 is 0 Å². The number of hydrogen-bond acceptors (Lipinski definition) is 9. The van der Waals surface area contributed by atoms with Crippen molar-refractivity contribution in [3.05, 3.63) is 42.2 Å². The maximum Gasteiger partial charge on any atom is 0.360 e. The Labute approximate surface area is 153 Å². The van der Waals surface area contributed by atoms with Crippen molar-refractivity contribution in [2.75, 3.05) is 12.3 Å². The standard InChI is InChI=1S/C17H18N5O5/c18-14-11-15(20-7-19-14)22(8-21-11,16(26)9-4-2-1-3-5-9)17-13(25)12(24)10(6-23)27-17/h1-5,7-8,10,12-13,17,23-25H,6H2,(H2,18,19,20)/q+1.